The van der Waals surface area contributed by atoms with Crippen LogP contribution in [0.25, 0.3) is 0 Å². The average Bonchev–Trinajstić information content (AvgIpc) is 3.39. The molecule has 0 aliphatic heterocycles. The number of ether oxygens (including phenoxy) is 1. The molecule has 0 amide bonds. The molecule has 23 heavy (non-hydrogen) atoms. The molecule has 1 aromatic carbocycles. The molecule has 0 bridgehead atoms. The zero-order valence-corrected chi connectivity index (χ0v) is 16.4. The van der Waals surface area contributed by atoms with Gasteiger partial charge in [0.15, 0.2) is 5.96 Å². The summed E-state index contributed by atoms with van der Waals surface area (Å²) in [4.78, 5) is 4.71. The molecule has 128 valence electrons. The number of guanidine groups is 1. The first-order valence-electron chi connectivity index (χ1n) is 8.51. The second kappa shape index (κ2) is 8.76. The van der Waals surface area contributed by atoms with Crippen LogP contribution in [0.1, 0.15) is 43.7 Å². The van der Waals surface area contributed by atoms with E-state index >= 15 is 0 Å². The van der Waals surface area contributed by atoms with Gasteiger partial charge in [0, 0.05) is 18.2 Å². The Morgan fingerprint density at radius 2 is 2.04 bits per heavy atom. The predicted molar refractivity (Wildman–Crippen MR) is 106 cm³/mol. The molecular weight excluding hydrogens is 401 g/mol. The van der Waals surface area contributed by atoms with Gasteiger partial charge in [-0.2, -0.15) is 0 Å². The second-order valence-corrected chi connectivity index (χ2v) is 6.48. The molecule has 2 saturated carbocycles. The summed E-state index contributed by atoms with van der Waals surface area (Å²) in [5.41, 5.74) is 2.40. The number of nitrogens with one attached hydrogen (secondary N) is 2. The normalized spacial score (nSPS) is 17.4. The van der Waals surface area contributed by atoms with E-state index in [0.29, 0.717) is 12.6 Å². The number of nitrogens with zero attached hydrogens (tertiary/aromatic N) is 1. The minimum atomic E-state index is 0. The number of benzene rings is 1. The molecule has 2 N–H and O–H groups in total. The van der Waals surface area contributed by atoms with E-state index in [4.69, 9.17) is 9.73 Å². The van der Waals surface area contributed by atoms with Crippen molar-refractivity contribution in [1.82, 2.24) is 10.6 Å². The number of aliphatic imine (C=N–C) groups is 1. The smallest absolute Gasteiger partial charge is 0.191 e. The maximum atomic E-state index is 6.02. The van der Waals surface area contributed by atoms with Crippen molar-refractivity contribution in [2.24, 2.45) is 10.9 Å². The van der Waals surface area contributed by atoms with E-state index in [9.17, 15) is 0 Å². The lowest BCUT2D eigenvalue weighted by atomic mass is 10.1. The van der Waals surface area contributed by atoms with E-state index < -0.39 is 0 Å². The Labute approximate surface area is 156 Å². The van der Waals surface area contributed by atoms with E-state index in [1.807, 2.05) is 0 Å². The van der Waals surface area contributed by atoms with Crippen molar-refractivity contribution in [2.45, 2.75) is 52.1 Å². The first-order chi connectivity index (χ1) is 10.7. The third-order valence-corrected chi connectivity index (χ3v) is 4.06. The minimum absolute atomic E-state index is 0. The number of aryl methyl sites for hydroxylation is 1. The van der Waals surface area contributed by atoms with Gasteiger partial charge in [-0.15, -0.1) is 24.0 Å². The van der Waals surface area contributed by atoms with E-state index in [1.54, 1.807) is 0 Å². The lowest BCUT2D eigenvalue weighted by Gasteiger charge is -2.13. The van der Waals surface area contributed by atoms with Crippen LogP contribution in [0.3, 0.4) is 0 Å². The van der Waals surface area contributed by atoms with Crippen molar-refractivity contribution in [3.05, 3.63) is 29.3 Å². The molecule has 2 aliphatic rings. The average molecular weight is 429 g/mol. The molecule has 2 aliphatic carbocycles. The zero-order chi connectivity index (χ0) is 15.4. The van der Waals surface area contributed by atoms with Gasteiger partial charge in [0.1, 0.15) is 5.75 Å². The van der Waals surface area contributed by atoms with Crippen molar-refractivity contribution >= 4 is 29.9 Å². The largest absolute Gasteiger partial charge is 0.493 e. The quantitative estimate of drug-likeness (QED) is 0.396. The monoisotopic (exact) mass is 429 g/mol. The predicted octanol–water partition coefficient (Wildman–Crippen LogP) is 3.62. The van der Waals surface area contributed by atoms with Crippen LogP contribution in [-0.2, 0) is 6.54 Å². The second-order valence-electron chi connectivity index (χ2n) is 6.48. The highest BCUT2D eigenvalue weighted by atomic mass is 127. The summed E-state index contributed by atoms with van der Waals surface area (Å²) < 4.78 is 6.02. The van der Waals surface area contributed by atoms with Crippen LogP contribution in [0.2, 0.25) is 0 Å². The first kappa shape index (κ1) is 18.4. The molecule has 2 fully saturated rings. The van der Waals surface area contributed by atoms with E-state index in [-0.39, 0.29) is 24.0 Å². The van der Waals surface area contributed by atoms with E-state index in [1.165, 1.54) is 36.8 Å². The molecule has 1 aromatic rings. The molecule has 0 atom stereocenters. The van der Waals surface area contributed by atoms with Gasteiger partial charge >= 0.3 is 0 Å². The van der Waals surface area contributed by atoms with Gasteiger partial charge < -0.3 is 15.4 Å². The Morgan fingerprint density at radius 1 is 1.26 bits per heavy atom. The summed E-state index contributed by atoms with van der Waals surface area (Å²) in [6, 6.07) is 7.02. The molecule has 0 spiro atoms. The first-order valence-corrected chi connectivity index (χ1v) is 8.51. The molecule has 5 heteroatoms. The van der Waals surface area contributed by atoms with E-state index in [2.05, 4.69) is 42.7 Å². The highest BCUT2D eigenvalue weighted by Gasteiger charge is 2.23. The van der Waals surface area contributed by atoms with Crippen LogP contribution >= 0.6 is 24.0 Å². The molecule has 4 nitrogen and oxygen atoms in total. The molecule has 0 radical (unpaired) electrons. The summed E-state index contributed by atoms with van der Waals surface area (Å²) in [7, 11) is 0. The fraction of sp³-hybridized carbons (Fsp3) is 0.611. The summed E-state index contributed by atoms with van der Waals surface area (Å²) in [5, 5.41) is 6.76. The Bertz CT molecular complexity index is 539. The van der Waals surface area contributed by atoms with E-state index in [0.717, 1.165) is 30.8 Å². The molecule has 0 saturated heterocycles. The Kier molecular flexibility index (Phi) is 6.99. The summed E-state index contributed by atoms with van der Waals surface area (Å²) in [6.07, 6.45) is 5.14. The van der Waals surface area contributed by atoms with Crippen LogP contribution in [0.5, 0.6) is 5.75 Å². The third-order valence-electron chi connectivity index (χ3n) is 4.06. The van der Waals surface area contributed by atoms with Crippen molar-refractivity contribution in [3.63, 3.8) is 0 Å². The maximum absolute atomic E-state index is 6.02. The molecule has 0 heterocycles. The highest BCUT2D eigenvalue weighted by Crippen LogP contribution is 2.31. The zero-order valence-electron chi connectivity index (χ0n) is 14.1. The molecule has 0 unspecified atom stereocenters. The Hall–Kier alpha value is -0.980. The number of rotatable bonds is 7. The van der Waals surface area contributed by atoms with Gasteiger partial charge in [0.2, 0.25) is 0 Å². The maximum Gasteiger partial charge on any atom is 0.191 e. The highest BCUT2D eigenvalue weighted by molar-refractivity contribution is 14.0. The molecule has 3 rings (SSSR count). The van der Waals surface area contributed by atoms with Crippen molar-refractivity contribution in [1.29, 1.82) is 0 Å². The lowest BCUT2D eigenvalue weighted by molar-refractivity contribution is 0.296. The van der Waals surface area contributed by atoms with Crippen LogP contribution < -0.4 is 15.4 Å². The van der Waals surface area contributed by atoms with Gasteiger partial charge in [-0.25, -0.2) is 4.99 Å². The van der Waals surface area contributed by atoms with Gasteiger partial charge in [-0.1, -0.05) is 12.1 Å². The van der Waals surface area contributed by atoms with Gasteiger partial charge in [-0.3, -0.25) is 0 Å². The van der Waals surface area contributed by atoms with Gasteiger partial charge in [0.25, 0.3) is 0 Å². The number of hydrogen-bond acceptors (Lipinski definition) is 2. The summed E-state index contributed by atoms with van der Waals surface area (Å²) in [5.74, 6) is 2.68. The van der Waals surface area contributed by atoms with Crippen LogP contribution in [0.4, 0.5) is 0 Å². The minimum Gasteiger partial charge on any atom is -0.493 e. The SMILES string of the molecule is CCNC(=NCc1ccc(C)cc1OCC1CC1)NC1CC1.I. The Balaban J connectivity index is 0.00000192. The van der Waals surface area contributed by atoms with Gasteiger partial charge in [-0.05, 0) is 57.1 Å². The number of hydrogen-bond donors (Lipinski definition) is 2. The molecular formula is C18H28IN3O. The van der Waals surface area contributed by atoms with Gasteiger partial charge in [0.05, 0.1) is 13.2 Å². The van der Waals surface area contributed by atoms with Crippen molar-refractivity contribution < 1.29 is 4.74 Å². The Morgan fingerprint density at radius 3 is 2.70 bits per heavy atom. The third kappa shape index (κ3) is 6.20. The van der Waals surface area contributed by atoms with Crippen molar-refractivity contribution in [2.75, 3.05) is 13.2 Å². The van der Waals surface area contributed by atoms with Crippen LogP contribution in [-0.4, -0.2) is 25.2 Å². The fourth-order valence-corrected chi connectivity index (χ4v) is 2.32. The topological polar surface area (TPSA) is 45.7 Å². The van der Waals surface area contributed by atoms with Crippen LogP contribution in [0, 0.1) is 12.8 Å². The van der Waals surface area contributed by atoms with Crippen LogP contribution in [0.15, 0.2) is 23.2 Å². The molecule has 0 aromatic heterocycles. The lowest BCUT2D eigenvalue weighted by Crippen LogP contribution is -2.38. The summed E-state index contributed by atoms with van der Waals surface area (Å²) in [6.45, 7) is 6.59. The van der Waals surface area contributed by atoms with Crippen molar-refractivity contribution in [3.8, 4) is 5.75 Å². The standard InChI is InChI=1S/C18H27N3O.HI/c1-3-19-18(21-16-8-9-16)20-11-15-7-4-13(2)10-17(15)22-12-14-5-6-14;/h4,7,10,14,16H,3,5-6,8-9,11-12H2,1-2H3,(H2,19,20,21);1H. The summed E-state index contributed by atoms with van der Waals surface area (Å²) >= 11 is 0. The fourth-order valence-electron chi connectivity index (χ4n) is 2.32. The number of halogens is 1.